The van der Waals surface area contributed by atoms with Gasteiger partial charge in [-0.2, -0.15) is 0 Å². The van der Waals surface area contributed by atoms with Crippen molar-refractivity contribution in [3.05, 3.63) is 54.1 Å². The maximum absolute atomic E-state index is 12.7. The molecule has 6 nitrogen and oxygen atoms in total. The molecule has 0 aliphatic heterocycles. The number of carbonyl (C=O) groups excluding carboxylic acids is 3. The number of rotatable bonds is 3. The third-order valence-corrected chi connectivity index (χ3v) is 3.73. The summed E-state index contributed by atoms with van der Waals surface area (Å²) in [5.74, 6) is -2.20. The summed E-state index contributed by atoms with van der Waals surface area (Å²) >= 11 is 0. The Morgan fingerprint density at radius 3 is 2.12 bits per heavy atom. The molecule has 6 heteroatoms. The van der Waals surface area contributed by atoms with E-state index in [1.807, 2.05) is 25.1 Å². The Morgan fingerprint density at radius 2 is 1.60 bits per heavy atom. The summed E-state index contributed by atoms with van der Waals surface area (Å²) in [7, 11) is 0. The van der Waals surface area contributed by atoms with Crippen LogP contribution in [0.5, 0.6) is 0 Å². The van der Waals surface area contributed by atoms with Crippen molar-refractivity contribution in [1.82, 2.24) is 0 Å². The van der Waals surface area contributed by atoms with Crippen LogP contribution in [-0.2, 0) is 14.4 Å². The van der Waals surface area contributed by atoms with E-state index in [9.17, 15) is 14.4 Å². The van der Waals surface area contributed by atoms with Crippen molar-refractivity contribution in [2.75, 3.05) is 22.1 Å². The van der Waals surface area contributed by atoms with E-state index in [-0.39, 0.29) is 0 Å². The minimum atomic E-state index is -0.902. The summed E-state index contributed by atoms with van der Waals surface area (Å²) in [6, 6.07) is 13.5. The fraction of sp³-hybridized carbons (Fsp3) is 0.211. The number of nitrogen functional groups attached to an aromatic ring is 1. The van der Waals surface area contributed by atoms with E-state index in [0.29, 0.717) is 23.6 Å². The number of benzene rings is 2. The van der Waals surface area contributed by atoms with Crippen molar-refractivity contribution in [1.29, 1.82) is 0 Å². The lowest BCUT2D eigenvalue weighted by Crippen LogP contribution is -2.47. The molecule has 0 spiro atoms. The molecule has 0 unspecified atom stereocenters. The average Bonchev–Trinajstić information content (AvgIpc) is 2.57. The van der Waals surface area contributed by atoms with Crippen LogP contribution in [0.2, 0.25) is 0 Å². The van der Waals surface area contributed by atoms with Gasteiger partial charge in [0.05, 0.1) is 5.69 Å². The van der Waals surface area contributed by atoms with Crippen LogP contribution in [0.25, 0.3) is 0 Å². The number of imide groups is 1. The topological polar surface area (TPSA) is 83.7 Å². The minimum Gasteiger partial charge on any atom is -0.399 e. The Hall–Kier alpha value is -3.15. The summed E-state index contributed by atoms with van der Waals surface area (Å²) < 4.78 is 0. The SMILES string of the molecule is CCN(C(=O)C(=O)N(C(C)=O)c1ccc(N)cc1)c1cccc(C)c1. The molecule has 130 valence electrons. The van der Waals surface area contributed by atoms with E-state index in [2.05, 4.69) is 0 Å². The molecule has 0 saturated heterocycles. The van der Waals surface area contributed by atoms with E-state index >= 15 is 0 Å². The van der Waals surface area contributed by atoms with Crippen molar-refractivity contribution < 1.29 is 14.4 Å². The Kier molecular flexibility index (Phi) is 5.54. The fourth-order valence-corrected chi connectivity index (χ4v) is 2.52. The van der Waals surface area contributed by atoms with Crippen molar-refractivity contribution in [3.63, 3.8) is 0 Å². The molecule has 2 aromatic rings. The van der Waals surface area contributed by atoms with Crippen LogP contribution >= 0.6 is 0 Å². The van der Waals surface area contributed by atoms with Crippen LogP contribution in [0.15, 0.2) is 48.5 Å². The van der Waals surface area contributed by atoms with Crippen LogP contribution in [0.4, 0.5) is 17.1 Å². The first-order valence-corrected chi connectivity index (χ1v) is 7.94. The van der Waals surface area contributed by atoms with Gasteiger partial charge in [-0.05, 0) is 55.8 Å². The predicted octanol–water partition coefficient (Wildman–Crippen LogP) is 2.51. The predicted molar refractivity (Wildman–Crippen MR) is 98.2 cm³/mol. The van der Waals surface area contributed by atoms with Crippen molar-refractivity contribution in [3.8, 4) is 0 Å². The van der Waals surface area contributed by atoms with Gasteiger partial charge in [0.25, 0.3) is 0 Å². The molecular formula is C19H21N3O3. The molecule has 3 amide bonds. The molecule has 0 atom stereocenters. The normalized spacial score (nSPS) is 10.2. The fourth-order valence-electron chi connectivity index (χ4n) is 2.52. The maximum Gasteiger partial charge on any atom is 0.323 e. The number of aryl methyl sites for hydroxylation is 1. The maximum atomic E-state index is 12.7. The highest BCUT2D eigenvalue weighted by Gasteiger charge is 2.30. The number of anilines is 3. The quantitative estimate of drug-likeness (QED) is 0.688. The van der Waals surface area contributed by atoms with Crippen LogP contribution in [0, 0.1) is 6.92 Å². The van der Waals surface area contributed by atoms with Crippen molar-refractivity contribution in [2.45, 2.75) is 20.8 Å². The first-order chi connectivity index (χ1) is 11.8. The Labute approximate surface area is 146 Å². The zero-order chi connectivity index (χ0) is 18.6. The zero-order valence-corrected chi connectivity index (χ0v) is 14.5. The van der Waals surface area contributed by atoms with Gasteiger partial charge in [-0.15, -0.1) is 0 Å². The molecule has 0 aliphatic carbocycles. The van der Waals surface area contributed by atoms with Gasteiger partial charge in [0.2, 0.25) is 5.91 Å². The van der Waals surface area contributed by atoms with E-state index in [4.69, 9.17) is 5.73 Å². The standard InChI is InChI=1S/C19H21N3O3/c1-4-21(17-7-5-6-13(2)12-17)18(24)19(25)22(14(3)23)16-10-8-15(20)9-11-16/h5-12H,4,20H2,1-3H3. The first kappa shape index (κ1) is 18.2. The second-order valence-electron chi connectivity index (χ2n) is 5.64. The monoisotopic (exact) mass is 339 g/mol. The second kappa shape index (κ2) is 7.61. The Morgan fingerprint density at radius 1 is 0.960 bits per heavy atom. The number of nitrogens with zero attached hydrogens (tertiary/aromatic N) is 2. The third-order valence-electron chi connectivity index (χ3n) is 3.73. The van der Waals surface area contributed by atoms with Crippen LogP contribution in [0.3, 0.4) is 0 Å². The number of likely N-dealkylation sites (N-methyl/N-ethyl adjacent to an activating group) is 1. The summed E-state index contributed by atoms with van der Waals surface area (Å²) in [5.41, 5.74) is 8.03. The van der Waals surface area contributed by atoms with E-state index in [1.165, 1.54) is 24.0 Å². The smallest absolute Gasteiger partial charge is 0.323 e. The number of carbonyl (C=O) groups is 3. The molecule has 0 aliphatic rings. The van der Waals surface area contributed by atoms with Gasteiger partial charge in [-0.1, -0.05) is 12.1 Å². The average molecular weight is 339 g/mol. The minimum absolute atomic E-state index is 0.306. The first-order valence-electron chi connectivity index (χ1n) is 7.94. The highest BCUT2D eigenvalue weighted by Crippen LogP contribution is 2.20. The number of hydrogen-bond acceptors (Lipinski definition) is 4. The molecule has 0 radical (unpaired) electrons. The van der Waals surface area contributed by atoms with Crippen molar-refractivity contribution in [2.24, 2.45) is 0 Å². The third kappa shape index (κ3) is 4.03. The molecule has 25 heavy (non-hydrogen) atoms. The molecular weight excluding hydrogens is 318 g/mol. The van der Waals surface area contributed by atoms with E-state index < -0.39 is 17.7 Å². The number of hydrogen-bond donors (Lipinski definition) is 1. The molecule has 2 rings (SSSR count). The zero-order valence-electron chi connectivity index (χ0n) is 14.5. The summed E-state index contributed by atoms with van der Waals surface area (Å²) in [5, 5.41) is 0. The van der Waals surface area contributed by atoms with Gasteiger partial charge >= 0.3 is 11.8 Å². The Balaban J connectivity index is 2.35. The molecule has 0 saturated carbocycles. The van der Waals surface area contributed by atoms with Crippen molar-refractivity contribution >= 4 is 34.8 Å². The summed E-state index contributed by atoms with van der Waals surface area (Å²) in [4.78, 5) is 39.6. The second-order valence-corrected chi connectivity index (χ2v) is 5.64. The summed E-state index contributed by atoms with van der Waals surface area (Å²) in [6.07, 6.45) is 0. The highest BCUT2D eigenvalue weighted by molar-refractivity contribution is 6.48. The molecule has 2 N–H and O–H groups in total. The summed E-state index contributed by atoms with van der Waals surface area (Å²) in [6.45, 7) is 5.22. The molecule has 0 bridgehead atoms. The van der Waals surface area contributed by atoms with E-state index in [0.717, 1.165) is 10.5 Å². The van der Waals surface area contributed by atoms with Gasteiger partial charge in [-0.3, -0.25) is 14.4 Å². The van der Waals surface area contributed by atoms with Crippen LogP contribution in [-0.4, -0.2) is 24.3 Å². The molecule has 0 fully saturated rings. The highest BCUT2D eigenvalue weighted by atomic mass is 16.2. The Bertz CT molecular complexity index is 800. The van der Waals surface area contributed by atoms with Gasteiger partial charge in [0.15, 0.2) is 0 Å². The lowest BCUT2D eigenvalue weighted by Gasteiger charge is -2.25. The van der Waals surface area contributed by atoms with Gasteiger partial charge in [0.1, 0.15) is 0 Å². The lowest BCUT2D eigenvalue weighted by molar-refractivity contribution is -0.138. The number of amides is 3. The van der Waals surface area contributed by atoms with Crippen LogP contribution < -0.4 is 15.5 Å². The number of nitrogens with two attached hydrogens (primary N) is 1. The molecule has 2 aromatic carbocycles. The van der Waals surface area contributed by atoms with Gasteiger partial charge in [0, 0.05) is 24.8 Å². The van der Waals surface area contributed by atoms with E-state index in [1.54, 1.807) is 25.1 Å². The van der Waals surface area contributed by atoms with Crippen LogP contribution in [0.1, 0.15) is 19.4 Å². The van der Waals surface area contributed by atoms with Gasteiger partial charge in [-0.25, -0.2) is 4.90 Å². The van der Waals surface area contributed by atoms with Gasteiger partial charge < -0.3 is 10.6 Å². The largest absolute Gasteiger partial charge is 0.399 e. The lowest BCUT2D eigenvalue weighted by atomic mass is 10.2. The molecule has 0 aromatic heterocycles. The molecule has 0 heterocycles.